The van der Waals surface area contributed by atoms with Gasteiger partial charge in [-0.05, 0) is 91.1 Å². The van der Waals surface area contributed by atoms with Gasteiger partial charge in [0.2, 0.25) is 10.0 Å². The fourth-order valence-corrected chi connectivity index (χ4v) is 7.96. The highest BCUT2D eigenvalue weighted by Gasteiger charge is 2.29. The third-order valence-electron chi connectivity index (χ3n) is 6.79. The van der Waals surface area contributed by atoms with Crippen molar-refractivity contribution in [2.45, 2.75) is 32.8 Å². The molecule has 3 aromatic carbocycles. The van der Waals surface area contributed by atoms with Gasteiger partial charge >= 0.3 is 0 Å². The number of thiophene rings is 1. The van der Waals surface area contributed by atoms with E-state index < -0.39 is 10.0 Å². The van der Waals surface area contributed by atoms with E-state index in [1.165, 1.54) is 11.3 Å². The van der Waals surface area contributed by atoms with Crippen molar-refractivity contribution in [2.24, 2.45) is 5.92 Å². The second kappa shape index (κ2) is 11.0. The molecule has 1 aromatic heterocycles. The minimum absolute atomic E-state index is 0.0848. The molecule has 0 aliphatic carbocycles. The summed E-state index contributed by atoms with van der Waals surface area (Å²) in [5.74, 6) is 0.998. The van der Waals surface area contributed by atoms with E-state index in [1.54, 1.807) is 71.0 Å². The molecular weight excluding hydrogens is 534 g/mol. The minimum Gasteiger partial charge on any atom is -0.508 e. The number of hydrogen-bond donors (Lipinski definition) is 2. The lowest BCUT2D eigenvalue weighted by molar-refractivity contribution is 0.104. The Morgan fingerprint density at radius 2 is 1.62 bits per heavy atom. The van der Waals surface area contributed by atoms with Crippen LogP contribution in [0.25, 0.3) is 20.5 Å². The highest BCUT2D eigenvalue weighted by molar-refractivity contribution is 7.89. The van der Waals surface area contributed by atoms with Crippen LogP contribution >= 0.6 is 11.3 Å². The lowest BCUT2D eigenvalue weighted by Crippen LogP contribution is -2.43. The van der Waals surface area contributed by atoms with Gasteiger partial charge < -0.3 is 14.9 Å². The number of nitrogens with zero attached hydrogens (tertiary/aromatic N) is 1. The van der Waals surface area contributed by atoms with Crippen molar-refractivity contribution in [1.29, 1.82) is 0 Å². The molecule has 1 fully saturated rings. The molecule has 0 bridgehead atoms. The molecule has 5 rings (SSSR count). The topological polar surface area (TPSA) is 104 Å². The van der Waals surface area contributed by atoms with Gasteiger partial charge in [0, 0.05) is 39.2 Å². The van der Waals surface area contributed by atoms with Crippen LogP contribution < -0.4 is 4.74 Å². The van der Waals surface area contributed by atoms with Crippen LogP contribution in [0.15, 0.2) is 66.7 Å². The minimum atomic E-state index is -3.24. The summed E-state index contributed by atoms with van der Waals surface area (Å²) in [6.45, 7) is 4.69. The smallest absolute Gasteiger partial charge is 0.214 e. The number of benzene rings is 3. The Morgan fingerprint density at radius 3 is 2.26 bits per heavy atom. The van der Waals surface area contributed by atoms with Crippen LogP contribution in [0.3, 0.4) is 0 Å². The van der Waals surface area contributed by atoms with E-state index in [4.69, 9.17) is 4.74 Å². The fraction of sp³-hybridized carbons (Fsp3) is 0.300. The van der Waals surface area contributed by atoms with Gasteiger partial charge in [0.05, 0.1) is 5.75 Å². The van der Waals surface area contributed by atoms with Crippen molar-refractivity contribution in [3.63, 3.8) is 0 Å². The monoisotopic (exact) mass is 565 g/mol. The van der Waals surface area contributed by atoms with Crippen molar-refractivity contribution < 1.29 is 28.2 Å². The van der Waals surface area contributed by atoms with Crippen molar-refractivity contribution in [2.75, 3.05) is 18.8 Å². The van der Waals surface area contributed by atoms with E-state index in [0.29, 0.717) is 42.8 Å². The normalized spacial score (nSPS) is 15.2. The fourth-order valence-electron chi connectivity index (χ4n) is 4.90. The number of phenols is 2. The van der Waals surface area contributed by atoms with E-state index in [0.717, 1.165) is 20.5 Å². The van der Waals surface area contributed by atoms with Crippen LogP contribution in [-0.4, -0.2) is 53.7 Å². The quantitative estimate of drug-likeness (QED) is 0.253. The maximum Gasteiger partial charge on any atom is 0.214 e. The molecule has 0 atom stereocenters. The summed E-state index contributed by atoms with van der Waals surface area (Å²) < 4.78 is 33.5. The molecule has 0 saturated carbocycles. The number of ether oxygens (including phenoxy) is 1. The van der Waals surface area contributed by atoms with E-state index >= 15 is 0 Å². The summed E-state index contributed by atoms with van der Waals surface area (Å²) in [5.41, 5.74) is 1.85. The predicted molar refractivity (Wildman–Crippen MR) is 154 cm³/mol. The summed E-state index contributed by atoms with van der Waals surface area (Å²) in [5, 5.41) is 20.5. The summed E-state index contributed by atoms with van der Waals surface area (Å²) in [4.78, 5) is 14.5. The summed E-state index contributed by atoms with van der Waals surface area (Å²) in [6.07, 6.45) is 1.13. The maximum absolute atomic E-state index is 13.8. The first-order chi connectivity index (χ1) is 18.6. The van der Waals surface area contributed by atoms with Crippen molar-refractivity contribution >= 4 is 37.2 Å². The van der Waals surface area contributed by atoms with Crippen molar-refractivity contribution in [1.82, 2.24) is 4.31 Å². The number of hydrogen-bond acceptors (Lipinski definition) is 7. The van der Waals surface area contributed by atoms with Gasteiger partial charge in [-0.15, -0.1) is 11.3 Å². The molecule has 4 aromatic rings. The molecule has 1 saturated heterocycles. The molecule has 2 N–H and O–H groups in total. The van der Waals surface area contributed by atoms with Gasteiger partial charge in [-0.2, -0.15) is 0 Å². The number of piperidine rings is 1. The average molecular weight is 566 g/mol. The number of phenolic OH excluding ortho intramolecular Hbond substituents is 2. The molecule has 0 radical (unpaired) electrons. The Labute approximate surface area is 232 Å². The van der Waals surface area contributed by atoms with Crippen LogP contribution in [0.1, 0.15) is 42.6 Å². The van der Waals surface area contributed by atoms with E-state index in [9.17, 15) is 23.4 Å². The molecule has 2 heterocycles. The van der Waals surface area contributed by atoms with Gasteiger partial charge in [-0.25, -0.2) is 12.7 Å². The van der Waals surface area contributed by atoms with Crippen LogP contribution in [-0.2, 0) is 10.0 Å². The molecule has 39 heavy (non-hydrogen) atoms. The zero-order valence-electron chi connectivity index (χ0n) is 21.8. The Morgan fingerprint density at radius 1 is 0.974 bits per heavy atom. The molecule has 1 aliphatic rings. The van der Waals surface area contributed by atoms with Crippen LogP contribution in [0, 0.1) is 5.92 Å². The highest BCUT2D eigenvalue weighted by Crippen LogP contribution is 2.41. The van der Waals surface area contributed by atoms with Crippen LogP contribution in [0.2, 0.25) is 0 Å². The Kier molecular flexibility index (Phi) is 7.66. The molecule has 0 amide bonds. The molecule has 204 valence electrons. The second-order valence-corrected chi connectivity index (χ2v) is 13.3. The maximum atomic E-state index is 13.8. The average Bonchev–Trinajstić information content (AvgIpc) is 3.27. The van der Waals surface area contributed by atoms with Crippen LogP contribution in [0.5, 0.6) is 17.2 Å². The first kappa shape index (κ1) is 27.2. The lowest BCUT2D eigenvalue weighted by Gasteiger charge is -2.31. The number of rotatable bonds is 8. The number of carbonyl (C=O) groups excluding carboxylic acids is 1. The van der Waals surface area contributed by atoms with Gasteiger partial charge in [0.1, 0.15) is 23.4 Å². The number of carbonyl (C=O) groups is 1. The molecule has 0 unspecified atom stereocenters. The first-order valence-corrected chi connectivity index (χ1v) is 15.4. The van der Waals surface area contributed by atoms with E-state index in [-0.39, 0.29) is 35.1 Å². The molecular formula is C30H31NO6S2. The molecule has 9 heteroatoms. The lowest BCUT2D eigenvalue weighted by atomic mass is 9.97. The standard InChI is InChI=1S/C30H31NO6S2/c1-19(2)18-39(35,36)31-15-13-25(14-16-31)37-24-10-5-20(6-11-24)29(34)28-26-12-9-23(33)17-27(26)38-30(28)21-3-7-22(32)8-4-21/h3-12,17,19,25,32-33H,13-16,18H2,1-2H3. The number of fused-ring (bicyclic) bond motifs is 1. The Balaban J connectivity index is 1.33. The summed E-state index contributed by atoms with van der Waals surface area (Å²) in [6, 6.07) is 18.7. The first-order valence-electron chi connectivity index (χ1n) is 12.9. The van der Waals surface area contributed by atoms with Gasteiger partial charge in [-0.3, -0.25) is 4.79 Å². The number of ketones is 1. The highest BCUT2D eigenvalue weighted by atomic mass is 32.2. The largest absolute Gasteiger partial charge is 0.508 e. The predicted octanol–water partition coefficient (Wildman–Crippen LogP) is 6.04. The second-order valence-electron chi connectivity index (χ2n) is 10.3. The van der Waals surface area contributed by atoms with E-state index in [1.807, 2.05) is 13.8 Å². The number of aromatic hydroxyl groups is 2. The summed E-state index contributed by atoms with van der Waals surface area (Å²) >= 11 is 1.42. The zero-order valence-corrected chi connectivity index (χ0v) is 23.5. The zero-order chi connectivity index (χ0) is 27.7. The van der Waals surface area contributed by atoms with Gasteiger partial charge in [-0.1, -0.05) is 13.8 Å². The number of sulfonamides is 1. The molecule has 0 spiro atoms. The Bertz CT molecular complexity index is 1580. The van der Waals surface area contributed by atoms with Gasteiger partial charge in [0.15, 0.2) is 5.78 Å². The third-order valence-corrected chi connectivity index (χ3v) is 10.2. The third kappa shape index (κ3) is 5.95. The van der Waals surface area contributed by atoms with Crippen molar-refractivity contribution in [3.8, 4) is 27.7 Å². The van der Waals surface area contributed by atoms with E-state index in [2.05, 4.69) is 0 Å². The Hall–Kier alpha value is -3.40. The molecule has 7 nitrogen and oxygen atoms in total. The molecule has 1 aliphatic heterocycles. The van der Waals surface area contributed by atoms with Crippen molar-refractivity contribution in [3.05, 3.63) is 77.9 Å². The van der Waals surface area contributed by atoms with Gasteiger partial charge in [0.25, 0.3) is 0 Å². The summed E-state index contributed by atoms with van der Waals surface area (Å²) in [7, 11) is -3.24. The SMILES string of the molecule is CC(C)CS(=O)(=O)N1CCC(Oc2ccc(C(=O)c3c(-c4ccc(O)cc4)sc4cc(O)ccc34)cc2)CC1. The van der Waals surface area contributed by atoms with Crippen LogP contribution in [0.4, 0.5) is 0 Å².